The van der Waals surface area contributed by atoms with Gasteiger partial charge in [0.15, 0.2) is 0 Å². The van der Waals surface area contributed by atoms with E-state index in [2.05, 4.69) is 148 Å². The monoisotopic (exact) mass is 1260 g/mol. The molecule has 97 heavy (non-hydrogen) atoms. The van der Waals surface area contributed by atoms with Gasteiger partial charge in [0.2, 0.25) is 0 Å². The number of fused-ring (bicyclic) bond motifs is 10. The van der Waals surface area contributed by atoms with Crippen LogP contribution < -0.4 is 26.2 Å². The van der Waals surface area contributed by atoms with Gasteiger partial charge in [-0.1, -0.05) is 278 Å². The Hall–Kier alpha value is -11.7. The largest absolute Gasteiger partial charge is 0.456 e. The summed E-state index contributed by atoms with van der Waals surface area (Å²) in [4.78, 5) is 4.71. The lowest BCUT2D eigenvalue weighted by atomic mass is 9.33. The standard InChI is InChI=1S/C92H70BN3O/c1-91(2,3)66-54-73(60-31-14-8-15-32-60)89(74(55-66)61-33-16-9-17-34-61)95-81-51-64(59-29-12-7-13-30-59)47-49-77(81)93-78-50-48-68(94-79-43-25-22-39-70(79)71-40-23-26-44-80(71)94)58-82(78)96(84-53-65(52-83(95)88(84)93)69-42-28-46-86-87(69)72-41-24-27-45-85(72)97-86)90-75(62-35-18-10-19-36-62)56-67(92(4,5)6)57-76(90)63-37-20-11-21-38-63/h7-58H,1-6H3/i7D,12D,13D,22D,23D,25D,26D,29D,30D,39D,40D,43D,44D. The lowest BCUT2D eigenvalue weighted by Gasteiger charge is -2.46. The molecule has 2 aliphatic heterocycles. The SMILES string of the molecule is [2H]c1c([2H])c([2H])c(-c2ccc3c(c2)N(c2c(-c4ccccc4)cc(C(C)(C)C)cc2-c2ccccc2)c2cc(-c4cccc5oc6ccccc6c45)cc4c2B3c2ccc(-n3c5c([2H])c([2H])c([2H])c([2H])c5c5c([2H])c([2H])c([2H])c([2H])c53)cc2N4c2c(-c3ccccc3)cc(C(C)(C)C)cc2-c2ccccc2)c([2H])c1[2H]. The number of aromatic nitrogens is 1. The molecule has 0 bridgehead atoms. The van der Waals surface area contributed by atoms with Crippen molar-refractivity contribution < 1.29 is 22.2 Å². The van der Waals surface area contributed by atoms with Gasteiger partial charge in [0.1, 0.15) is 11.2 Å². The summed E-state index contributed by atoms with van der Waals surface area (Å²) in [6.07, 6.45) is 0. The molecule has 18 rings (SSSR count). The average molecular weight is 1260 g/mol. The first-order valence-electron chi connectivity index (χ1n) is 39.4. The van der Waals surface area contributed by atoms with E-state index in [0.29, 0.717) is 33.8 Å². The molecule has 2 aliphatic rings. The minimum absolute atomic E-state index is 0.0229. The van der Waals surface area contributed by atoms with Crippen molar-refractivity contribution in [2.45, 2.75) is 52.4 Å². The molecule has 0 radical (unpaired) electrons. The van der Waals surface area contributed by atoms with Gasteiger partial charge in [-0.25, -0.2) is 0 Å². The van der Waals surface area contributed by atoms with Crippen LogP contribution in [0.3, 0.4) is 0 Å². The minimum Gasteiger partial charge on any atom is -0.456 e. The molecule has 0 fully saturated rings. The predicted molar refractivity (Wildman–Crippen MR) is 412 cm³/mol. The number of furan rings is 1. The summed E-state index contributed by atoms with van der Waals surface area (Å²) >= 11 is 0. The van der Waals surface area contributed by atoms with E-state index in [1.54, 1.807) is 4.57 Å². The van der Waals surface area contributed by atoms with Crippen LogP contribution in [0.5, 0.6) is 0 Å². The summed E-state index contributed by atoms with van der Waals surface area (Å²) in [5, 5.41) is 1.66. The number of rotatable bonds is 9. The van der Waals surface area contributed by atoms with Crippen LogP contribution in [-0.4, -0.2) is 11.3 Å². The Kier molecular flexibility index (Phi) is 10.6. The first-order chi connectivity index (χ1) is 52.8. The number of hydrogen-bond acceptors (Lipinski definition) is 3. The molecule has 2 aromatic heterocycles. The molecule has 0 saturated carbocycles. The molecule has 16 aromatic rings. The van der Waals surface area contributed by atoms with E-state index in [1.807, 2.05) is 140 Å². The van der Waals surface area contributed by atoms with Crippen molar-refractivity contribution in [3.63, 3.8) is 0 Å². The Bertz CT molecular complexity index is 6380. The summed E-state index contributed by atoms with van der Waals surface area (Å²) in [7, 11) is 0. The van der Waals surface area contributed by atoms with Crippen LogP contribution in [0.2, 0.25) is 0 Å². The highest BCUT2D eigenvalue weighted by molar-refractivity contribution is 7.00. The van der Waals surface area contributed by atoms with Crippen molar-refractivity contribution in [1.82, 2.24) is 4.57 Å². The Morgan fingerprint density at radius 1 is 0.330 bits per heavy atom. The number of anilines is 6. The predicted octanol–water partition coefficient (Wildman–Crippen LogP) is 23.4. The zero-order valence-electron chi connectivity index (χ0n) is 67.3. The van der Waals surface area contributed by atoms with Crippen LogP contribution in [-0.2, 0) is 10.8 Å². The van der Waals surface area contributed by atoms with Crippen LogP contribution >= 0.6 is 0 Å². The zero-order chi connectivity index (χ0) is 76.6. The van der Waals surface area contributed by atoms with E-state index in [4.69, 9.17) is 11.3 Å². The number of para-hydroxylation sites is 3. The van der Waals surface area contributed by atoms with Crippen molar-refractivity contribution in [2.75, 3.05) is 9.80 Å². The summed E-state index contributed by atoms with van der Waals surface area (Å²) in [5.41, 5.74) is 19.0. The molecule has 4 nitrogen and oxygen atoms in total. The van der Waals surface area contributed by atoms with Gasteiger partial charge in [0.05, 0.1) is 40.2 Å². The maximum absolute atomic E-state index is 9.86. The third-order valence-electron chi connectivity index (χ3n) is 19.6. The van der Waals surface area contributed by atoms with Crippen molar-refractivity contribution in [2.24, 2.45) is 0 Å². The molecular weight excluding hydrogens is 1170 g/mol. The van der Waals surface area contributed by atoms with Crippen LogP contribution in [0.4, 0.5) is 34.1 Å². The third-order valence-corrected chi connectivity index (χ3v) is 19.6. The van der Waals surface area contributed by atoms with Gasteiger partial charge in [0.25, 0.3) is 6.71 Å². The lowest BCUT2D eigenvalue weighted by molar-refractivity contribution is 0.590. The van der Waals surface area contributed by atoms with E-state index < -0.39 is 78.6 Å². The highest BCUT2D eigenvalue weighted by Gasteiger charge is 2.46. The summed E-state index contributed by atoms with van der Waals surface area (Å²) in [6, 6.07) is 75.0. The van der Waals surface area contributed by atoms with Crippen molar-refractivity contribution in [3.05, 3.63) is 326 Å². The van der Waals surface area contributed by atoms with Crippen molar-refractivity contribution >= 4 is 101 Å². The topological polar surface area (TPSA) is 24.6 Å². The normalized spacial score (nSPS) is 14.7. The van der Waals surface area contributed by atoms with Crippen LogP contribution in [0.1, 0.15) is 70.5 Å². The van der Waals surface area contributed by atoms with Crippen LogP contribution in [0.15, 0.2) is 320 Å². The van der Waals surface area contributed by atoms with Gasteiger partial charge < -0.3 is 18.8 Å². The number of hydrogen-bond donors (Lipinski definition) is 0. The molecule has 462 valence electrons. The van der Waals surface area contributed by atoms with Crippen molar-refractivity contribution in [3.8, 4) is 72.4 Å². The van der Waals surface area contributed by atoms with E-state index >= 15 is 0 Å². The lowest BCUT2D eigenvalue weighted by Crippen LogP contribution is -2.61. The van der Waals surface area contributed by atoms with Gasteiger partial charge >= 0.3 is 0 Å². The second-order valence-corrected chi connectivity index (χ2v) is 27.4. The molecule has 0 amide bonds. The number of nitrogens with zero attached hydrogens (tertiary/aromatic N) is 3. The second-order valence-electron chi connectivity index (χ2n) is 27.4. The molecule has 14 aromatic carbocycles. The quantitative estimate of drug-likeness (QED) is 0.135. The highest BCUT2D eigenvalue weighted by atomic mass is 16.3. The fraction of sp³-hybridized carbons (Fsp3) is 0.0870. The Morgan fingerprint density at radius 3 is 1.27 bits per heavy atom. The smallest absolute Gasteiger partial charge is 0.252 e. The molecule has 0 spiro atoms. The fourth-order valence-electron chi connectivity index (χ4n) is 15.0. The summed E-state index contributed by atoms with van der Waals surface area (Å²) < 4.78 is 130. The van der Waals surface area contributed by atoms with Crippen molar-refractivity contribution in [1.29, 1.82) is 0 Å². The van der Waals surface area contributed by atoms with Crippen LogP contribution in [0.25, 0.3) is 116 Å². The van der Waals surface area contributed by atoms with Gasteiger partial charge in [-0.15, -0.1) is 0 Å². The Morgan fingerprint density at radius 2 is 0.763 bits per heavy atom. The van der Waals surface area contributed by atoms with Gasteiger partial charge in [0, 0.05) is 72.2 Å². The minimum atomic E-state index is -0.726. The highest BCUT2D eigenvalue weighted by Crippen LogP contribution is 2.56. The summed E-state index contributed by atoms with van der Waals surface area (Å²) in [6.45, 7) is 12.6. The molecule has 0 unspecified atom stereocenters. The Balaban J connectivity index is 1.09. The maximum Gasteiger partial charge on any atom is 0.252 e. The third kappa shape index (κ3) is 9.50. The molecular formula is C92H70BN3O. The molecule has 0 aliphatic carbocycles. The second kappa shape index (κ2) is 22.5. The zero-order valence-corrected chi connectivity index (χ0v) is 54.3. The van der Waals surface area contributed by atoms with Gasteiger partial charge in [-0.3, -0.25) is 0 Å². The molecule has 0 N–H and O–H groups in total. The summed E-state index contributed by atoms with van der Waals surface area (Å²) in [5.74, 6) is 0. The van der Waals surface area contributed by atoms with Gasteiger partial charge in [-0.05, 0) is 162 Å². The molecule has 0 saturated heterocycles. The maximum atomic E-state index is 9.86. The van der Waals surface area contributed by atoms with Crippen LogP contribution in [0, 0.1) is 0 Å². The molecule has 4 heterocycles. The van der Waals surface area contributed by atoms with Gasteiger partial charge in [-0.2, -0.15) is 0 Å². The van der Waals surface area contributed by atoms with E-state index in [0.717, 1.165) is 117 Å². The Labute approximate surface area is 586 Å². The first kappa shape index (κ1) is 45.6. The van der Waals surface area contributed by atoms with E-state index in [9.17, 15) is 11.0 Å². The van der Waals surface area contributed by atoms with E-state index in [-0.39, 0.29) is 44.9 Å². The fourth-order valence-corrected chi connectivity index (χ4v) is 15.0. The van der Waals surface area contributed by atoms with E-state index in [1.165, 1.54) is 0 Å². The number of benzene rings is 14. The molecule has 0 atom stereocenters. The average Bonchev–Trinajstić information content (AvgIpc) is 0.886. The molecule has 5 heteroatoms. The first-order valence-corrected chi connectivity index (χ1v) is 32.9.